The summed E-state index contributed by atoms with van der Waals surface area (Å²) < 4.78 is 10.9. The zero-order chi connectivity index (χ0) is 14.9. The highest BCUT2D eigenvalue weighted by atomic mass is 16.5. The van der Waals surface area contributed by atoms with Crippen LogP contribution in [0.5, 0.6) is 0 Å². The molecule has 0 radical (unpaired) electrons. The van der Waals surface area contributed by atoms with Crippen LogP contribution < -0.4 is 5.32 Å². The van der Waals surface area contributed by atoms with E-state index in [-0.39, 0.29) is 12.0 Å². The summed E-state index contributed by atoms with van der Waals surface area (Å²) in [6.07, 6.45) is 4.93. The number of amides is 1. The number of carbonyl (C=O) groups is 1. The molecule has 0 heterocycles. The minimum absolute atomic E-state index is 0.0415. The fraction of sp³-hybridized carbons (Fsp3) is 0.588. The van der Waals surface area contributed by atoms with Gasteiger partial charge in [-0.05, 0) is 36.8 Å². The molecule has 0 spiro atoms. The second kappa shape index (κ2) is 8.80. The van der Waals surface area contributed by atoms with E-state index in [2.05, 4.69) is 29.6 Å². The average molecular weight is 291 g/mol. The van der Waals surface area contributed by atoms with Crippen molar-refractivity contribution in [3.05, 3.63) is 35.4 Å². The minimum atomic E-state index is 0.0415. The Balaban J connectivity index is 1.65. The molecule has 2 rings (SSSR count). The van der Waals surface area contributed by atoms with Gasteiger partial charge in [-0.1, -0.05) is 24.3 Å². The van der Waals surface area contributed by atoms with Gasteiger partial charge in [0, 0.05) is 26.7 Å². The largest absolute Gasteiger partial charge is 0.384 e. The van der Waals surface area contributed by atoms with Crippen LogP contribution in [0.1, 0.15) is 42.9 Å². The molecule has 0 aromatic heterocycles. The van der Waals surface area contributed by atoms with Crippen molar-refractivity contribution in [1.29, 1.82) is 0 Å². The number of carbonyl (C=O) groups excluding carboxylic acids is 1. The molecule has 0 saturated heterocycles. The minimum Gasteiger partial charge on any atom is -0.384 e. The lowest BCUT2D eigenvalue weighted by Crippen LogP contribution is -2.26. The average Bonchev–Trinajstić information content (AvgIpc) is 2.52. The van der Waals surface area contributed by atoms with Gasteiger partial charge in [0.15, 0.2) is 0 Å². The highest BCUT2D eigenvalue weighted by molar-refractivity contribution is 5.75. The summed E-state index contributed by atoms with van der Waals surface area (Å²) in [5.41, 5.74) is 2.76. The van der Waals surface area contributed by atoms with Crippen molar-refractivity contribution < 1.29 is 14.3 Å². The zero-order valence-electron chi connectivity index (χ0n) is 12.8. The van der Waals surface area contributed by atoms with Gasteiger partial charge in [-0.15, -0.1) is 0 Å². The van der Waals surface area contributed by atoms with E-state index in [0.717, 1.165) is 19.3 Å². The molecule has 0 bridgehead atoms. The summed E-state index contributed by atoms with van der Waals surface area (Å²) in [6.45, 7) is 1.82. The molecule has 1 aromatic carbocycles. The molecule has 1 aromatic rings. The van der Waals surface area contributed by atoms with Crippen LogP contribution in [0.4, 0.5) is 0 Å². The maximum Gasteiger partial charge on any atom is 0.222 e. The van der Waals surface area contributed by atoms with Crippen LogP contribution in [0.3, 0.4) is 0 Å². The topological polar surface area (TPSA) is 47.6 Å². The Bertz CT molecular complexity index is 447. The molecule has 0 fully saturated rings. The zero-order valence-corrected chi connectivity index (χ0v) is 12.8. The molecule has 21 heavy (non-hydrogen) atoms. The smallest absolute Gasteiger partial charge is 0.222 e. The van der Waals surface area contributed by atoms with Gasteiger partial charge in [-0.25, -0.2) is 0 Å². The second-order valence-electron chi connectivity index (χ2n) is 5.40. The van der Waals surface area contributed by atoms with Crippen LogP contribution in [0.25, 0.3) is 0 Å². The van der Waals surface area contributed by atoms with Crippen molar-refractivity contribution in [1.82, 2.24) is 5.32 Å². The highest BCUT2D eigenvalue weighted by Crippen LogP contribution is 2.32. The predicted octanol–water partition coefficient (Wildman–Crippen LogP) is 2.62. The van der Waals surface area contributed by atoms with Gasteiger partial charge in [0.05, 0.1) is 12.7 Å². The molecular formula is C17H25NO3. The molecule has 0 saturated carbocycles. The van der Waals surface area contributed by atoms with Crippen molar-refractivity contribution in [3.8, 4) is 0 Å². The Labute approximate surface area is 126 Å². The van der Waals surface area contributed by atoms with Gasteiger partial charge in [-0.3, -0.25) is 4.79 Å². The molecule has 0 unspecified atom stereocenters. The van der Waals surface area contributed by atoms with Crippen LogP contribution in [0.15, 0.2) is 24.3 Å². The lowest BCUT2D eigenvalue weighted by molar-refractivity contribution is -0.122. The Kier molecular flexibility index (Phi) is 6.70. The van der Waals surface area contributed by atoms with Gasteiger partial charge in [0.25, 0.3) is 0 Å². The monoisotopic (exact) mass is 291 g/mol. The predicted molar refractivity (Wildman–Crippen MR) is 82.2 cm³/mol. The van der Waals surface area contributed by atoms with Crippen molar-refractivity contribution >= 4 is 5.91 Å². The van der Waals surface area contributed by atoms with Crippen LogP contribution in [0, 0.1) is 0 Å². The Hall–Kier alpha value is -1.39. The highest BCUT2D eigenvalue weighted by Gasteiger charge is 2.19. The van der Waals surface area contributed by atoms with Crippen molar-refractivity contribution in [2.75, 3.05) is 26.9 Å². The fourth-order valence-corrected chi connectivity index (χ4v) is 2.69. The van der Waals surface area contributed by atoms with Crippen LogP contribution in [0.2, 0.25) is 0 Å². The molecule has 1 aliphatic carbocycles. The SMILES string of the molecule is COCCC(=O)NCCCO[C@H]1CCCc2ccccc21. The molecule has 0 aliphatic heterocycles. The van der Waals surface area contributed by atoms with Crippen molar-refractivity contribution in [3.63, 3.8) is 0 Å². The second-order valence-corrected chi connectivity index (χ2v) is 5.40. The number of rotatable bonds is 8. The molecule has 1 aliphatic rings. The summed E-state index contributed by atoms with van der Waals surface area (Å²) in [4.78, 5) is 11.4. The maximum absolute atomic E-state index is 11.4. The summed E-state index contributed by atoms with van der Waals surface area (Å²) in [6, 6.07) is 8.54. The number of hydrogen-bond acceptors (Lipinski definition) is 3. The number of hydrogen-bond donors (Lipinski definition) is 1. The summed E-state index contributed by atoms with van der Waals surface area (Å²) in [5, 5.41) is 2.88. The fourth-order valence-electron chi connectivity index (χ4n) is 2.69. The molecule has 4 nitrogen and oxygen atoms in total. The molecule has 1 amide bonds. The Morgan fingerprint density at radius 1 is 1.33 bits per heavy atom. The lowest BCUT2D eigenvalue weighted by atomic mass is 9.89. The van der Waals surface area contributed by atoms with E-state index in [9.17, 15) is 4.79 Å². The maximum atomic E-state index is 11.4. The number of ether oxygens (including phenoxy) is 2. The van der Waals surface area contributed by atoms with E-state index in [0.29, 0.717) is 26.2 Å². The van der Waals surface area contributed by atoms with E-state index in [1.165, 1.54) is 17.5 Å². The van der Waals surface area contributed by atoms with E-state index in [4.69, 9.17) is 9.47 Å². The summed E-state index contributed by atoms with van der Waals surface area (Å²) in [5.74, 6) is 0.0415. The molecule has 1 N–H and O–H groups in total. The van der Waals surface area contributed by atoms with E-state index < -0.39 is 0 Å². The van der Waals surface area contributed by atoms with Gasteiger partial charge in [0.2, 0.25) is 5.91 Å². The first-order valence-corrected chi connectivity index (χ1v) is 7.76. The number of nitrogens with one attached hydrogen (secondary N) is 1. The molecule has 4 heteroatoms. The standard InChI is InChI=1S/C17H25NO3/c1-20-13-10-17(19)18-11-5-12-21-16-9-4-7-14-6-2-3-8-15(14)16/h2-3,6,8,16H,4-5,7,9-13H2,1H3,(H,18,19)/t16-/m0/s1. The number of aryl methyl sites for hydroxylation is 1. The first-order valence-electron chi connectivity index (χ1n) is 7.76. The third-order valence-corrected chi connectivity index (χ3v) is 3.81. The summed E-state index contributed by atoms with van der Waals surface area (Å²) >= 11 is 0. The van der Waals surface area contributed by atoms with Crippen LogP contribution in [-0.4, -0.2) is 32.8 Å². The van der Waals surface area contributed by atoms with E-state index >= 15 is 0 Å². The van der Waals surface area contributed by atoms with Crippen LogP contribution in [-0.2, 0) is 20.7 Å². The summed E-state index contributed by atoms with van der Waals surface area (Å²) in [7, 11) is 1.60. The van der Waals surface area contributed by atoms with Gasteiger partial charge < -0.3 is 14.8 Å². The number of fused-ring (bicyclic) bond motifs is 1. The first kappa shape index (κ1) is 16.0. The van der Waals surface area contributed by atoms with E-state index in [1.807, 2.05) is 0 Å². The Morgan fingerprint density at radius 3 is 3.05 bits per heavy atom. The van der Waals surface area contributed by atoms with E-state index in [1.54, 1.807) is 7.11 Å². The van der Waals surface area contributed by atoms with Gasteiger partial charge in [-0.2, -0.15) is 0 Å². The van der Waals surface area contributed by atoms with Gasteiger partial charge >= 0.3 is 0 Å². The third-order valence-electron chi connectivity index (χ3n) is 3.81. The molecular weight excluding hydrogens is 266 g/mol. The van der Waals surface area contributed by atoms with Crippen molar-refractivity contribution in [2.45, 2.75) is 38.2 Å². The van der Waals surface area contributed by atoms with Crippen molar-refractivity contribution in [2.24, 2.45) is 0 Å². The molecule has 116 valence electrons. The number of benzene rings is 1. The van der Waals surface area contributed by atoms with Crippen LogP contribution >= 0.6 is 0 Å². The molecule has 1 atom stereocenters. The normalized spacial score (nSPS) is 17.3. The Morgan fingerprint density at radius 2 is 2.19 bits per heavy atom. The van der Waals surface area contributed by atoms with Gasteiger partial charge in [0.1, 0.15) is 0 Å². The first-order chi connectivity index (χ1) is 10.3. The quantitative estimate of drug-likeness (QED) is 0.749. The number of methoxy groups -OCH3 is 1. The third kappa shape index (κ3) is 5.14. The lowest BCUT2D eigenvalue weighted by Gasteiger charge is -2.25.